The van der Waals surface area contributed by atoms with E-state index >= 15 is 0 Å². The Morgan fingerprint density at radius 2 is 1.76 bits per heavy atom. The zero-order chi connectivity index (χ0) is 18.4. The normalized spacial score (nSPS) is 18.0. The van der Waals surface area contributed by atoms with Crippen molar-refractivity contribution in [3.05, 3.63) is 29.8 Å². The standard InChI is InChI=1S/C18H29N3O3S/c1-4-5-16(3)19-18(22)14-20-10-12-21(13-11-20)25(23,24)17-8-6-15(2)7-9-17/h6-9,16H,4-5,10-14H2,1-3H3,(H,19,22)/t16-/m0/s1. The van der Waals surface area contributed by atoms with Gasteiger partial charge in [0.15, 0.2) is 0 Å². The smallest absolute Gasteiger partial charge is 0.243 e. The molecular formula is C18H29N3O3S. The van der Waals surface area contributed by atoms with E-state index in [0.29, 0.717) is 37.6 Å². The molecule has 1 fully saturated rings. The van der Waals surface area contributed by atoms with Gasteiger partial charge in [-0.15, -0.1) is 0 Å². The first kappa shape index (κ1) is 19.9. The summed E-state index contributed by atoms with van der Waals surface area (Å²) in [4.78, 5) is 14.4. The minimum atomic E-state index is -3.45. The van der Waals surface area contributed by atoms with E-state index in [1.165, 1.54) is 4.31 Å². The molecule has 140 valence electrons. The number of hydrogen-bond donors (Lipinski definition) is 1. The van der Waals surface area contributed by atoms with Crippen LogP contribution in [-0.2, 0) is 14.8 Å². The first-order valence-electron chi connectivity index (χ1n) is 8.91. The molecule has 1 atom stereocenters. The summed E-state index contributed by atoms with van der Waals surface area (Å²) in [5.41, 5.74) is 1.03. The Labute approximate surface area is 151 Å². The monoisotopic (exact) mass is 367 g/mol. The number of benzene rings is 1. The van der Waals surface area contributed by atoms with Crippen LogP contribution in [0.3, 0.4) is 0 Å². The highest BCUT2D eigenvalue weighted by atomic mass is 32.2. The molecule has 1 saturated heterocycles. The van der Waals surface area contributed by atoms with Gasteiger partial charge in [0.2, 0.25) is 15.9 Å². The lowest BCUT2D eigenvalue weighted by Crippen LogP contribution is -2.51. The molecule has 1 aliphatic heterocycles. The van der Waals surface area contributed by atoms with Gasteiger partial charge in [-0.2, -0.15) is 4.31 Å². The van der Waals surface area contributed by atoms with Crippen molar-refractivity contribution in [3.8, 4) is 0 Å². The highest BCUT2D eigenvalue weighted by molar-refractivity contribution is 7.89. The van der Waals surface area contributed by atoms with Crippen LogP contribution in [0.4, 0.5) is 0 Å². The molecule has 0 aromatic heterocycles. The van der Waals surface area contributed by atoms with Crippen LogP contribution in [0.15, 0.2) is 29.2 Å². The predicted octanol–water partition coefficient (Wildman–Crippen LogP) is 1.61. The first-order valence-corrected chi connectivity index (χ1v) is 10.4. The molecule has 0 spiro atoms. The number of nitrogens with one attached hydrogen (secondary N) is 1. The van der Waals surface area contributed by atoms with E-state index in [4.69, 9.17) is 0 Å². The third-order valence-corrected chi connectivity index (χ3v) is 6.40. The molecule has 1 heterocycles. The molecule has 0 saturated carbocycles. The Morgan fingerprint density at radius 1 is 1.16 bits per heavy atom. The Bertz CT molecular complexity index is 665. The Balaban J connectivity index is 1.86. The predicted molar refractivity (Wildman–Crippen MR) is 98.9 cm³/mol. The fraction of sp³-hybridized carbons (Fsp3) is 0.611. The topological polar surface area (TPSA) is 69.7 Å². The number of aryl methyl sites for hydroxylation is 1. The average Bonchev–Trinajstić information content (AvgIpc) is 2.55. The van der Waals surface area contributed by atoms with Gasteiger partial charge in [0, 0.05) is 32.2 Å². The van der Waals surface area contributed by atoms with Gasteiger partial charge in [-0.3, -0.25) is 9.69 Å². The SMILES string of the molecule is CCC[C@H](C)NC(=O)CN1CCN(S(=O)(=O)c2ccc(C)cc2)CC1. The maximum absolute atomic E-state index is 12.7. The minimum Gasteiger partial charge on any atom is -0.353 e. The summed E-state index contributed by atoms with van der Waals surface area (Å²) in [6.45, 7) is 8.32. The van der Waals surface area contributed by atoms with Gasteiger partial charge in [0.05, 0.1) is 11.4 Å². The minimum absolute atomic E-state index is 0.00999. The summed E-state index contributed by atoms with van der Waals surface area (Å²) in [7, 11) is -3.45. The van der Waals surface area contributed by atoms with Crippen molar-refractivity contribution in [2.75, 3.05) is 32.7 Å². The van der Waals surface area contributed by atoms with Crippen molar-refractivity contribution in [3.63, 3.8) is 0 Å². The molecule has 2 rings (SSSR count). The van der Waals surface area contributed by atoms with E-state index in [1.54, 1.807) is 12.1 Å². The number of rotatable bonds is 7. The summed E-state index contributed by atoms with van der Waals surface area (Å²) in [5, 5.41) is 2.99. The lowest BCUT2D eigenvalue weighted by molar-refractivity contribution is -0.123. The number of amides is 1. The van der Waals surface area contributed by atoms with Crippen LogP contribution in [0.25, 0.3) is 0 Å². The molecule has 0 radical (unpaired) electrons. The molecule has 25 heavy (non-hydrogen) atoms. The van der Waals surface area contributed by atoms with Crippen molar-refractivity contribution in [2.24, 2.45) is 0 Å². The third kappa shape index (κ3) is 5.52. The van der Waals surface area contributed by atoms with Gasteiger partial charge in [-0.1, -0.05) is 31.0 Å². The van der Waals surface area contributed by atoms with Crippen LogP contribution in [0.1, 0.15) is 32.3 Å². The summed E-state index contributed by atoms with van der Waals surface area (Å²) in [6.07, 6.45) is 2.01. The van der Waals surface area contributed by atoms with Crippen LogP contribution in [0.5, 0.6) is 0 Å². The Hall–Kier alpha value is -1.44. The van der Waals surface area contributed by atoms with Crippen molar-refractivity contribution in [1.29, 1.82) is 0 Å². The molecule has 0 aliphatic carbocycles. The van der Waals surface area contributed by atoms with Gasteiger partial charge >= 0.3 is 0 Å². The van der Waals surface area contributed by atoms with Crippen LogP contribution >= 0.6 is 0 Å². The third-order valence-electron chi connectivity index (χ3n) is 4.49. The van der Waals surface area contributed by atoms with Gasteiger partial charge in [-0.25, -0.2) is 8.42 Å². The summed E-state index contributed by atoms with van der Waals surface area (Å²) in [5.74, 6) is 0.00999. The van der Waals surface area contributed by atoms with Crippen LogP contribution < -0.4 is 5.32 Å². The number of carbonyl (C=O) groups is 1. The second kappa shape index (κ2) is 8.78. The fourth-order valence-corrected chi connectivity index (χ4v) is 4.44. The quantitative estimate of drug-likeness (QED) is 0.795. The van der Waals surface area contributed by atoms with E-state index in [0.717, 1.165) is 18.4 Å². The summed E-state index contributed by atoms with van der Waals surface area (Å²) >= 11 is 0. The number of piperazine rings is 1. The highest BCUT2D eigenvalue weighted by Gasteiger charge is 2.29. The van der Waals surface area contributed by atoms with Gasteiger partial charge in [0.1, 0.15) is 0 Å². The summed E-state index contributed by atoms with van der Waals surface area (Å²) in [6, 6.07) is 7.11. The van der Waals surface area contributed by atoms with E-state index in [9.17, 15) is 13.2 Å². The maximum Gasteiger partial charge on any atom is 0.243 e. The van der Waals surface area contributed by atoms with Gasteiger partial charge in [-0.05, 0) is 32.4 Å². The number of carbonyl (C=O) groups excluding carboxylic acids is 1. The zero-order valence-corrected chi connectivity index (χ0v) is 16.2. The zero-order valence-electron chi connectivity index (χ0n) is 15.4. The molecule has 1 N–H and O–H groups in total. The van der Waals surface area contributed by atoms with E-state index < -0.39 is 10.0 Å². The maximum atomic E-state index is 12.7. The number of nitrogens with zero attached hydrogens (tertiary/aromatic N) is 2. The molecule has 6 nitrogen and oxygen atoms in total. The molecular weight excluding hydrogens is 338 g/mol. The lowest BCUT2D eigenvalue weighted by atomic mass is 10.2. The average molecular weight is 368 g/mol. The van der Waals surface area contributed by atoms with Crippen LogP contribution in [-0.4, -0.2) is 62.3 Å². The van der Waals surface area contributed by atoms with Crippen molar-refractivity contribution in [2.45, 2.75) is 44.6 Å². The molecule has 7 heteroatoms. The van der Waals surface area contributed by atoms with Crippen molar-refractivity contribution < 1.29 is 13.2 Å². The molecule has 1 aromatic rings. The molecule has 1 aliphatic rings. The molecule has 1 aromatic carbocycles. The van der Waals surface area contributed by atoms with Gasteiger partial charge in [0.25, 0.3) is 0 Å². The first-order chi connectivity index (χ1) is 11.8. The van der Waals surface area contributed by atoms with E-state index in [1.807, 2.05) is 30.9 Å². The Kier molecular flexibility index (Phi) is 6.98. The molecule has 1 amide bonds. The fourth-order valence-electron chi connectivity index (χ4n) is 3.02. The number of hydrogen-bond acceptors (Lipinski definition) is 4. The van der Waals surface area contributed by atoms with Crippen LogP contribution in [0, 0.1) is 6.92 Å². The lowest BCUT2D eigenvalue weighted by Gasteiger charge is -2.33. The second-order valence-corrected chi connectivity index (χ2v) is 8.69. The molecule has 0 unspecified atom stereocenters. The Morgan fingerprint density at radius 3 is 2.32 bits per heavy atom. The molecule has 0 bridgehead atoms. The second-order valence-electron chi connectivity index (χ2n) is 6.75. The number of sulfonamides is 1. The van der Waals surface area contributed by atoms with E-state index in [-0.39, 0.29) is 11.9 Å². The van der Waals surface area contributed by atoms with Gasteiger partial charge < -0.3 is 5.32 Å². The summed E-state index contributed by atoms with van der Waals surface area (Å²) < 4.78 is 26.9. The highest BCUT2D eigenvalue weighted by Crippen LogP contribution is 2.18. The van der Waals surface area contributed by atoms with Crippen molar-refractivity contribution in [1.82, 2.24) is 14.5 Å². The van der Waals surface area contributed by atoms with E-state index in [2.05, 4.69) is 12.2 Å². The van der Waals surface area contributed by atoms with Crippen LogP contribution in [0.2, 0.25) is 0 Å². The largest absolute Gasteiger partial charge is 0.353 e. The van der Waals surface area contributed by atoms with Crippen molar-refractivity contribution >= 4 is 15.9 Å².